The minimum absolute atomic E-state index is 0.740. The number of hydrogen-bond acceptors (Lipinski definition) is 4. The van der Waals surface area contributed by atoms with Crippen molar-refractivity contribution in [2.45, 2.75) is 32.1 Å². The van der Waals surface area contributed by atoms with Crippen LogP contribution in [-0.2, 0) is 17.6 Å². The van der Waals surface area contributed by atoms with Crippen LogP contribution in [0, 0.1) is 0 Å². The summed E-state index contributed by atoms with van der Waals surface area (Å²) < 4.78 is 5.00. The number of nitrogens with zero attached hydrogens (tertiary/aromatic N) is 1. The normalized spacial score (nSPS) is 15.8. The van der Waals surface area contributed by atoms with E-state index in [2.05, 4.69) is 10.3 Å². The number of aryl methyl sites for hydroxylation is 2. The zero-order valence-corrected chi connectivity index (χ0v) is 10.0. The summed E-state index contributed by atoms with van der Waals surface area (Å²) in [7, 11) is 1.72. The molecule has 4 heteroatoms. The molecule has 0 amide bonds. The molecule has 1 aromatic rings. The molecule has 0 fully saturated rings. The Morgan fingerprint density at radius 3 is 3.07 bits per heavy atom. The van der Waals surface area contributed by atoms with Crippen molar-refractivity contribution in [2.75, 3.05) is 25.6 Å². The van der Waals surface area contributed by atoms with E-state index in [1.165, 1.54) is 36.3 Å². The van der Waals surface area contributed by atoms with Crippen LogP contribution in [0.4, 0.5) is 5.13 Å². The first kappa shape index (κ1) is 10.9. The van der Waals surface area contributed by atoms with Crippen molar-refractivity contribution < 1.29 is 4.74 Å². The van der Waals surface area contributed by atoms with Gasteiger partial charge in [0.05, 0.1) is 12.3 Å². The highest BCUT2D eigenvalue weighted by Gasteiger charge is 2.13. The molecule has 1 aliphatic rings. The Morgan fingerprint density at radius 1 is 1.33 bits per heavy atom. The lowest BCUT2D eigenvalue weighted by atomic mass is 10.2. The van der Waals surface area contributed by atoms with Gasteiger partial charge in [0.25, 0.3) is 0 Å². The Hall–Kier alpha value is -0.610. The van der Waals surface area contributed by atoms with E-state index in [-0.39, 0.29) is 0 Å². The molecule has 0 radical (unpaired) electrons. The van der Waals surface area contributed by atoms with Gasteiger partial charge in [0.15, 0.2) is 5.13 Å². The van der Waals surface area contributed by atoms with Crippen molar-refractivity contribution >= 4 is 16.5 Å². The lowest BCUT2D eigenvalue weighted by Gasteiger charge is -2.00. The number of fused-ring (bicyclic) bond motifs is 1. The molecule has 1 N–H and O–H groups in total. The molecule has 1 aromatic heterocycles. The standard InChI is InChI=1S/C11H18N2OS/c1-14-8-7-12-11-13-9-5-3-2-4-6-10(9)15-11/h2-8H2,1H3,(H,12,13). The number of methoxy groups -OCH3 is 1. The number of ether oxygens (including phenoxy) is 1. The van der Waals surface area contributed by atoms with E-state index in [0.717, 1.165) is 24.7 Å². The molecule has 0 aromatic carbocycles. The second-order valence-electron chi connectivity index (χ2n) is 3.87. The van der Waals surface area contributed by atoms with Gasteiger partial charge in [-0.3, -0.25) is 0 Å². The first-order valence-corrected chi connectivity index (χ1v) is 6.43. The van der Waals surface area contributed by atoms with Crippen molar-refractivity contribution in [1.29, 1.82) is 0 Å². The molecule has 0 unspecified atom stereocenters. The summed E-state index contributed by atoms with van der Waals surface area (Å²) in [6, 6.07) is 0. The number of rotatable bonds is 4. The summed E-state index contributed by atoms with van der Waals surface area (Å²) >= 11 is 1.82. The molecular weight excluding hydrogens is 208 g/mol. The molecule has 0 aliphatic heterocycles. The second-order valence-corrected chi connectivity index (χ2v) is 4.95. The maximum absolute atomic E-state index is 5.00. The predicted octanol–water partition coefficient (Wildman–Crippen LogP) is 2.47. The van der Waals surface area contributed by atoms with Crippen LogP contribution in [0.2, 0.25) is 0 Å². The van der Waals surface area contributed by atoms with Crippen LogP contribution >= 0.6 is 11.3 Å². The number of aromatic nitrogens is 1. The fourth-order valence-corrected chi connectivity index (χ4v) is 2.94. The number of anilines is 1. The van der Waals surface area contributed by atoms with Crippen molar-refractivity contribution in [3.8, 4) is 0 Å². The molecule has 0 bridgehead atoms. The zero-order chi connectivity index (χ0) is 10.5. The Balaban J connectivity index is 1.96. The van der Waals surface area contributed by atoms with Crippen LogP contribution in [0.15, 0.2) is 0 Å². The highest BCUT2D eigenvalue weighted by molar-refractivity contribution is 7.15. The van der Waals surface area contributed by atoms with Crippen LogP contribution in [0.3, 0.4) is 0 Å². The lowest BCUT2D eigenvalue weighted by Crippen LogP contribution is -2.07. The van der Waals surface area contributed by atoms with Crippen molar-refractivity contribution in [1.82, 2.24) is 4.98 Å². The lowest BCUT2D eigenvalue weighted by molar-refractivity contribution is 0.211. The SMILES string of the molecule is COCCNc1nc2c(s1)CCCCC2. The maximum Gasteiger partial charge on any atom is 0.183 e. The van der Waals surface area contributed by atoms with E-state index in [9.17, 15) is 0 Å². The molecule has 0 spiro atoms. The Bertz CT molecular complexity index is 288. The number of hydrogen-bond donors (Lipinski definition) is 1. The van der Waals surface area contributed by atoms with Gasteiger partial charge < -0.3 is 10.1 Å². The highest BCUT2D eigenvalue weighted by Crippen LogP contribution is 2.28. The second kappa shape index (κ2) is 5.47. The largest absolute Gasteiger partial charge is 0.383 e. The minimum Gasteiger partial charge on any atom is -0.383 e. The molecule has 0 saturated heterocycles. The van der Waals surface area contributed by atoms with Gasteiger partial charge in [-0.15, -0.1) is 11.3 Å². The smallest absolute Gasteiger partial charge is 0.183 e. The average Bonchev–Trinajstić information content (AvgIpc) is 2.49. The Morgan fingerprint density at radius 2 is 2.20 bits per heavy atom. The third-order valence-corrected chi connectivity index (χ3v) is 3.79. The molecular formula is C11H18N2OS. The van der Waals surface area contributed by atoms with E-state index in [1.54, 1.807) is 7.11 Å². The molecule has 15 heavy (non-hydrogen) atoms. The van der Waals surface area contributed by atoms with Gasteiger partial charge in [0.2, 0.25) is 0 Å². The van der Waals surface area contributed by atoms with Gasteiger partial charge in [0.1, 0.15) is 0 Å². The summed E-state index contributed by atoms with van der Waals surface area (Å²) in [6.07, 6.45) is 6.37. The van der Waals surface area contributed by atoms with E-state index in [4.69, 9.17) is 4.74 Å². The van der Waals surface area contributed by atoms with Gasteiger partial charge in [-0.25, -0.2) is 4.98 Å². The topological polar surface area (TPSA) is 34.1 Å². The van der Waals surface area contributed by atoms with Crippen LogP contribution in [-0.4, -0.2) is 25.2 Å². The first-order valence-electron chi connectivity index (χ1n) is 5.61. The molecule has 84 valence electrons. The summed E-state index contributed by atoms with van der Waals surface area (Å²) in [5.74, 6) is 0. The van der Waals surface area contributed by atoms with Crippen LogP contribution < -0.4 is 5.32 Å². The van der Waals surface area contributed by atoms with Crippen molar-refractivity contribution in [3.63, 3.8) is 0 Å². The highest BCUT2D eigenvalue weighted by atomic mass is 32.1. The van der Waals surface area contributed by atoms with Gasteiger partial charge in [0, 0.05) is 18.5 Å². The van der Waals surface area contributed by atoms with E-state index >= 15 is 0 Å². The van der Waals surface area contributed by atoms with Gasteiger partial charge in [-0.05, 0) is 25.7 Å². The summed E-state index contributed by atoms with van der Waals surface area (Å²) in [4.78, 5) is 6.13. The Labute approximate surface area is 94.9 Å². The fourth-order valence-electron chi connectivity index (χ4n) is 1.86. The van der Waals surface area contributed by atoms with Crippen LogP contribution in [0.5, 0.6) is 0 Å². The third-order valence-electron chi connectivity index (χ3n) is 2.68. The van der Waals surface area contributed by atoms with E-state index in [1.807, 2.05) is 11.3 Å². The zero-order valence-electron chi connectivity index (χ0n) is 9.21. The van der Waals surface area contributed by atoms with Crippen molar-refractivity contribution in [3.05, 3.63) is 10.6 Å². The quantitative estimate of drug-likeness (QED) is 0.632. The summed E-state index contributed by atoms with van der Waals surface area (Å²) in [6.45, 7) is 1.59. The number of nitrogens with one attached hydrogen (secondary N) is 1. The molecule has 0 saturated carbocycles. The van der Waals surface area contributed by atoms with Gasteiger partial charge in [-0.2, -0.15) is 0 Å². The molecule has 1 aliphatic carbocycles. The predicted molar refractivity (Wildman–Crippen MR) is 63.7 cm³/mol. The third kappa shape index (κ3) is 2.92. The number of thiazole rings is 1. The molecule has 0 atom stereocenters. The first-order chi connectivity index (χ1) is 7.40. The maximum atomic E-state index is 5.00. The average molecular weight is 226 g/mol. The van der Waals surface area contributed by atoms with Gasteiger partial charge in [-0.1, -0.05) is 6.42 Å². The fraction of sp³-hybridized carbons (Fsp3) is 0.727. The molecule has 1 heterocycles. The van der Waals surface area contributed by atoms with E-state index < -0.39 is 0 Å². The van der Waals surface area contributed by atoms with Gasteiger partial charge >= 0.3 is 0 Å². The minimum atomic E-state index is 0.740. The Kier molecular flexibility index (Phi) is 3.97. The molecule has 3 nitrogen and oxygen atoms in total. The van der Waals surface area contributed by atoms with Crippen LogP contribution in [0.25, 0.3) is 0 Å². The molecule has 2 rings (SSSR count). The van der Waals surface area contributed by atoms with E-state index in [0.29, 0.717) is 0 Å². The monoisotopic (exact) mass is 226 g/mol. The summed E-state index contributed by atoms with van der Waals surface area (Å²) in [5, 5.41) is 4.37. The summed E-state index contributed by atoms with van der Waals surface area (Å²) in [5.41, 5.74) is 1.33. The van der Waals surface area contributed by atoms with Crippen LogP contribution in [0.1, 0.15) is 29.8 Å². The van der Waals surface area contributed by atoms with Crippen molar-refractivity contribution in [2.24, 2.45) is 0 Å².